The molecule has 1 aliphatic rings. The predicted molar refractivity (Wildman–Crippen MR) is 140 cm³/mol. The number of carbonyl (C=O) groups excluding carboxylic acids is 1. The Kier molecular flexibility index (Phi) is 6.93. The summed E-state index contributed by atoms with van der Waals surface area (Å²) >= 11 is 0. The standard InChI is InChI=1S/C26H27F4N7O3S/c1-16-11-21-17(13-32-37(21)19-7-5-18(27)6-8-19)12-20(16)22-15-35(41(39,40)23-14-31-34(4)33-23)9-10-36(22)24(38)25(2,3)26(28,29)30/h5-8,11-14,22H,9-10,15H2,1-4H3/t22-/m1/s1. The van der Waals surface area contributed by atoms with Crippen LogP contribution in [-0.4, -0.2) is 74.1 Å². The summed E-state index contributed by atoms with van der Waals surface area (Å²) in [4.78, 5) is 15.6. The van der Waals surface area contributed by atoms with Crippen molar-refractivity contribution >= 4 is 26.8 Å². The lowest BCUT2D eigenvalue weighted by atomic mass is 9.88. The third-order valence-electron chi connectivity index (χ3n) is 7.42. The van der Waals surface area contributed by atoms with E-state index in [2.05, 4.69) is 15.3 Å². The van der Waals surface area contributed by atoms with Gasteiger partial charge >= 0.3 is 6.18 Å². The number of aromatic nitrogens is 5. The van der Waals surface area contributed by atoms with E-state index in [0.717, 1.165) is 34.0 Å². The molecule has 41 heavy (non-hydrogen) atoms. The van der Waals surface area contributed by atoms with Gasteiger partial charge in [-0.2, -0.15) is 32.5 Å². The summed E-state index contributed by atoms with van der Waals surface area (Å²) in [5.41, 5.74) is -0.389. The van der Waals surface area contributed by atoms with Crippen LogP contribution in [0.2, 0.25) is 0 Å². The Morgan fingerprint density at radius 2 is 1.71 bits per heavy atom. The van der Waals surface area contributed by atoms with Crippen molar-refractivity contribution in [2.45, 2.75) is 38.0 Å². The van der Waals surface area contributed by atoms with E-state index >= 15 is 0 Å². The fraction of sp³-hybridized carbons (Fsp3) is 0.385. The van der Waals surface area contributed by atoms with E-state index < -0.39 is 39.4 Å². The predicted octanol–water partition coefficient (Wildman–Crippen LogP) is 3.76. The van der Waals surface area contributed by atoms with Crippen LogP contribution in [0.4, 0.5) is 17.6 Å². The number of benzene rings is 2. The molecule has 0 radical (unpaired) electrons. The third-order valence-corrected chi connectivity index (χ3v) is 9.14. The van der Waals surface area contributed by atoms with Crippen LogP contribution in [0, 0.1) is 18.2 Å². The highest BCUT2D eigenvalue weighted by Gasteiger charge is 2.56. The van der Waals surface area contributed by atoms with E-state index in [9.17, 15) is 30.8 Å². The molecular formula is C26H27F4N7O3S. The smallest absolute Gasteiger partial charge is 0.332 e. The molecule has 2 aromatic heterocycles. The van der Waals surface area contributed by atoms with Crippen LogP contribution in [0.5, 0.6) is 0 Å². The maximum Gasteiger partial charge on any atom is 0.402 e. The van der Waals surface area contributed by atoms with Gasteiger partial charge in [0.15, 0.2) is 0 Å². The number of sulfonamides is 1. The Balaban J connectivity index is 1.59. The number of amides is 1. The highest BCUT2D eigenvalue weighted by molar-refractivity contribution is 7.89. The second kappa shape index (κ2) is 9.91. The summed E-state index contributed by atoms with van der Waals surface area (Å²) in [6.07, 6.45) is -2.19. The van der Waals surface area contributed by atoms with Crippen molar-refractivity contribution in [2.24, 2.45) is 12.5 Å². The van der Waals surface area contributed by atoms with E-state index in [1.165, 1.54) is 19.2 Å². The maximum absolute atomic E-state index is 13.9. The van der Waals surface area contributed by atoms with Gasteiger partial charge in [-0.15, -0.1) is 5.10 Å². The number of hydrogen-bond acceptors (Lipinski definition) is 6. The first-order chi connectivity index (χ1) is 19.1. The molecule has 1 saturated heterocycles. The Hall–Kier alpha value is -3.85. The summed E-state index contributed by atoms with van der Waals surface area (Å²) in [6.45, 7) is 2.57. The molecule has 4 aromatic rings. The molecule has 0 N–H and O–H groups in total. The molecule has 1 amide bonds. The first-order valence-corrected chi connectivity index (χ1v) is 14.0. The van der Waals surface area contributed by atoms with Gasteiger partial charge in [-0.1, -0.05) is 0 Å². The van der Waals surface area contributed by atoms with E-state index in [1.54, 1.807) is 42.1 Å². The fourth-order valence-corrected chi connectivity index (χ4v) is 6.21. The fourth-order valence-electron chi connectivity index (χ4n) is 4.89. The summed E-state index contributed by atoms with van der Waals surface area (Å²) < 4.78 is 84.7. The van der Waals surface area contributed by atoms with Crippen LogP contribution in [0.1, 0.15) is 31.0 Å². The van der Waals surface area contributed by atoms with Gasteiger partial charge in [0, 0.05) is 32.1 Å². The molecule has 3 heterocycles. The minimum Gasteiger partial charge on any atom is -0.332 e. The molecule has 1 aliphatic heterocycles. The van der Waals surface area contributed by atoms with Gasteiger partial charge in [0.2, 0.25) is 10.9 Å². The minimum atomic E-state index is -4.83. The Morgan fingerprint density at radius 1 is 1.02 bits per heavy atom. The summed E-state index contributed by atoms with van der Waals surface area (Å²) in [5, 5.41) is 12.4. The normalized spacial score (nSPS) is 17.4. The molecule has 1 fully saturated rings. The molecule has 15 heteroatoms. The van der Waals surface area contributed by atoms with Crippen molar-refractivity contribution < 1.29 is 30.8 Å². The molecule has 0 spiro atoms. The molecule has 0 saturated carbocycles. The van der Waals surface area contributed by atoms with Crippen LogP contribution in [-0.2, 0) is 21.9 Å². The number of fused-ring (bicyclic) bond motifs is 1. The summed E-state index contributed by atoms with van der Waals surface area (Å²) in [7, 11) is -2.69. The zero-order valence-electron chi connectivity index (χ0n) is 22.6. The summed E-state index contributed by atoms with van der Waals surface area (Å²) in [5.74, 6) is -1.57. The second-order valence-corrected chi connectivity index (χ2v) is 12.4. The number of alkyl halides is 3. The Labute approximate surface area is 233 Å². The molecule has 0 aliphatic carbocycles. The highest BCUT2D eigenvalue weighted by atomic mass is 32.2. The largest absolute Gasteiger partial charge is 0.402 e. The number of aryl methyl sites for hydroxylation is 2. The van der Waals surface area contributed by atoms with Crippen molar-refractivity contribution in [3.05, 3.63) is 65.7 Å². The number of piperazine rings is 1. The van der Waals surface area contributed by atoms with E-state index in [4.69, 9.17) is 0 Å². The number of carbonyl (C=O) groups is 1. The summed E-state index contributed by atoms with van der Waals surface area (Å²) in [6, 6.07) is 8.12. The van der Waals surface area contributed by atoms with Gasteiger partial charge < -0.3 is 4.90 Å². The van der Waals surface area contributed by atoms with Gasteiger partial charge in [0.05, 0.1) is 29.6 Å². The highest BCUT2D eigenvalue weighted by Crippen LogP contribution is 2.42. The molecule has 0 bridgehead atoms. The van der Waals surface area contributed by atoms with Crippen LogP contribution in [0.3, 0.4) is 0 Å². The van der Waals surface area contributed by atoms with Gasteiger partial charge in [-0.05, 0) is 68.3 Å². The van der Waals surface area contributed by atoms with Crippen molar-refractivity contribution in [1.29, 1.82) is 0 Å². The first-order valence-electron chi connectivity index (χ1n) is 12.6. The topological polar surface area (TPSA) is 106 Å². The van der Waals surface area contributed by atoms with Crippen LogP contribution >= 0.6 is 0 Å². The number of hydrogen-bond donors (Lipinski definition) is 0. The lowest BCUT2D eigenvalue weighted by Crippen LogP contribution is -2.57. The number of rotatable bonds is 5. The third kappa shape index (κ3) is 4.96. The van der Waals surface area contributed by atoms with Crippen molar-refractivity contribution in [2.75, 3.05) is 19.6 Å². The SMILES string of the molecule is Cc1cc2c(cnn2-c2ccc(F)cc2)cc1[C@H]1CN(S(=O)(=O)c2cnn(C)n2)CCN1C(=O)C(C)(C)C(F)(F)F. The lowest BCUT2D eigenvalue weighted by Gasteiger charge is -2.44. The van der Waals surface area contributed by atoms with Crippen molar-refractivity contribution in [3.63, 3.8) is 0 Å². The van der Waals surface area contributed by atoms with E-state index in [-0.39, 0.29) is 24.7 Å². The maximum atomic E-state index is 13.9. The van der Waals surface area contributed by atoms with Crippen LogP contribution in [0.15, 0.2) is 53.8 Å². The van der Waals surface area contributed by atoms with E-state index in [1.807, 2.05) is 0 Å². The Morgan fingerprint density at radius 3 is 2.32 bits per heavy atom. The molecular weight excluding hydrogens is 566 g/mol. The minimum absolute atomic E-state index is 0.223. The molecule has 10 nitrogen and oxygen atoms in total. The van der Waals surface area contributed by atoms with Crippen molar-refractivity contribution in [3.8, 4) is 5.69 Å². The quantitative estimate of drug-likeness (QED) is 0.327. The molecule has 218 valence electrons. The van der Waals surface area contributed by atoms with Crippen molar-refractivity contribution in [1.82, 2.24) is 34.0 Å². The zero-order chi connectivity index (χ0) is 29.9. The van der Waals surface area contributed by atoms with E-state index in [0.29, 0.717) is 27.7 Å². The molecule has 5 rings (SSSR count). The number of halogens is 4. The zero-order valence-corrected chi connectivity index (χ0v) is 23.4. The van der Waals surface area contributed by atoms with Gasteiger partial charge in [-0.25, -0.2) is 17.5 Å². The molecule has 0 unspecified atom stereocenters. The van der Waals surface area contributed by atoms with Crippen LogP contribution < -0.4 is 0 Å². The average molecular weight is 594 g/mol. The average Bonchev–Trinajstić information content (AvgIpc) is 3.53. The van der Waals surface area contributed by atoms with Gasteiger partial charge in [0.25, 0.3) is 10.0 Å². The first kappa shape index (κ1) is 28.7. The Bertz CT molecular complexity index is 1730. The molecule has 1 atom stereocenters. The lowest BCUT2D eigenvalue weighted by molar-refractivity contribution is -0.219. The van der Waals surface area contributed by atoms with Gasteiger partial charge in [0.1, 0.15) is 11.2 Å². The second-order valence-electron chi connectivity index (χ2n) is 10.5. The number of nitrogens with zero attached hydrogens (tertiary/aromatic N) is 7. The van der Waals surface area contributed by atoms with Gasteiger partial charge in [-0.3, -0.25) is 4.79 Å². The van der Waals surface area contributed by atoms with Crippen LogP contribution in [0.25, 0.3) is 16.6 Å². The molecule has 2 aromatic carbocycles. The monoisotopic (exact) mass is 593 g/mol.